The molecule has 0 aliphatic carbocycles. The first-order chi connectivity index (χ1) is 8.12. The molecule has 0 aliphatic heterocycles. The second-order valence-corrected chi connectivity index (χ2v) is 5.40. The lowest BCUT2D eigenvalue weighted by molar-refractivity contribution is -0.140. The Morgan fingerprint density at radius 1 is 1.39 bits per heavy atom. The number of alkyl halides is 3. The van der Waals surface area contributed by atoms with Crippen LogP contribution < -0.4 is 0 Å². The van der Waals surface area contributed by atoms with Crippen molar-refractivity contribution in [2.24, 2.45) is 0 Å². The molecular weight excluding hydrogens is 279 g/mol. The summed E-state index contributed by atoms with van der Waals surface area (Å²) >= 11 is 0. The van der Waals surface area contributed by atoms with Crippen LogP contribution in [0.1, 0.15) is 6.42 Å². The molecule has 0 fully saturated rings. The van der Waals surface area contributed by atoms with Gasteiger partial charge in [0.25, 0.3) is 0 Å². The van der Waals surface area contributed by atoms with Gasteiger partial charge in [0.15, 0.2) is 0 Å². The molecule has 0 unspecified atom stereocenters. The van der Waals surface area contributed by atoms with E-state index in [0.717, 1.165) is 7.11 Å². The van der Waals surface area contributed by atoms with E-state index in [1.54, 1.807) is 0 Å². The van der Waals surface area contributed by atoms with Gasteiger partial charge < -0.3 is 9.84 Å². The summed E-state index contributed by atoms with van der Waals surface area (Å²) in [5.74, 6) is -1.63. The molecule has 0 bridgehead atoms. The van der Waals surface area contributed by atoms with Crippen molar-refractivity contribution in [2.45, 2.75) is 12.6 Å². The number of halogens is 3. The van der Waals surface area contributed by atoms with E-state index in [1.807, 2.05) is 0 Å². The van der Waals surface area contributed by atoms with E-state index in [9.17, 15) is 26.4 Å². The van der Waals surface area contributed by atoms with E-state index >= 15 is 0 Å². The minimum absolute atomic E-state index is 0.0932. The van der Waals surface area contributed by atoms with Crippen LogP contribution in [-0.4, -0.2) is 62.5 Å². The summed E-state index contributed by atoms with van der Waals surface area (Å²) in [5, 5.41) is 8.56. The van der Waals surface area contributed by atoms with Crippen molar-refractivity contribution in [3.8, 4) is 0 Å². The van der Waals surface area contributed by atoms with E-state index < -0.39 is 54.0 Å². The first kappa shape index (κ1) is 17.1. The van der Waals surface area contributed by atoms with Gasteiger partial charge in [-0.1, -0.05) is 0 Å². The summed E-state index contributed by atoms with van der Waals surface area (Å²) in [6.07, 6.45) is -5.26. The highest BCUT2D eigenvalue weighted by Gasteiger charge is 2.36. The van der Waals surface area contributed by atoms with E-state index in [-0.39, 0.29) is 4.31 Å². The van der Waals surface area contributed by atoms with Gasteiger partial charge >= 0.3 is 12.1 Å². The van der Waals surface area contributed by atoms with Crippen LogP contribution in [0.3, 0.4) is 0 Å². The number of nitrogens with zero attached hydrogens (tertiary/aromatic N) is 1. The molecule has 108 valence electrons. The maximum Gasteiger partial charge on any atom is 0.402 e. The molecule has 0 aliphatic rings. The van der Waals surface area contributed by atoms with Crippen LogP contribution in [0.2, 0.25) is 0 Å². The predicted octanol–water partition coefficient (Wildman–Crippen LogP) is -0.264. The number of methoxy groups -OCH3 is 1. The molecule has 10 heteroatoms. The molecule has 0 aromatic heterocycles. The maximum atomic E-state index is 12.1. The normalized spacial score (nSPS) is 12.8. The fraction of sp³-hybridized carbons (Fsp3) is 0.875. The SMILES string of the molecule is COC(=O)CCS(=O)(=O)N(CCO)CC(F)(F)F. The Labute approximate surface area is 102 Å². The van der Waals surface area contributed by atoms with Crippen LogP contribution in [-0.2, 0) is 19.6 Å². The molecule has 6 nitrogen and oxygen atoms in total. The Morgan fingerprint density at radius 3 is 2.33 bits per heavy atom. The molecule has 0 heterocycles. The topological polar surface area (TPSA) is 83.9 Å². The highest BCUT2D eigenvalue weighted by Crippen LogP contribution is 2.18. The van der Waals surface area contributed by atoms with Gasteiger partial charge in [-0.15, -0.1) is 0 Å². The van der Waals surface area contributed by atoms with Gasteiger partial charge in [-0.25, -0.2) is 8.42 Å². The van der Waals surface area contributed by atoms with Gasteiger partial charge in [-0.2, -0.15) is 17.5 Å². The summed E-state index contributed by atoms with van der Waals surface area (Å²) in [4.78, 5) is 10.7. The van der Waals surface area contributed by atoms with Crippen molar-refractivity contribution in [3.05, 3.63) is 0 Å². The average molecular weight is 293 g/mol. The monoisotopic (exact) mass is 293 g/mol. The maximum absolute atomic E-state index is 12.1. The number of rotatable bonds is 7. The molecule has 0 radical (unpaired) electrons. The fourth-order valence-electron chi connectivity index (χ4n) is 1.07. The Morgan fingerprint density at radius 2 is 1.94 bits per heavy atom. The first-order valence-electron chi connectivity index (χ1n) is 4.84. The molecular formula is C8H14F3NO5S. The van der Waals surface area contributed by atoms with Crippen molar-refractivity contribution in [1.29, 1.82) is 0 Å². The molecule has 0 atom stereocenters. The molecule has 18 heavy (non-hydrogen) atoms. The molecule has 0 aromatic carbocycles. The third kappa shape index (κ3) is 6.77. The molecule has 1 N–H and O–H groups in total. The number of esters is 1. The predicted molar refractivity (Wildman–Crippen MR) is 55.1 cm³/mol. The smallest absolute Gasteiger partial charge is 0.402 e. The molecule has 0 saturated carbocycles. The highest BCUT2D eigenvalue weighted by molar-refractivity contribution is 7.89. The summed E-state index contributed by atoms with van der Waals surface area (Å²) < 4.78 is 63.8. The Bertz CT molecular complexity index is 367. The van der Waals surface area contributed by atoms with Crippen LogP contribution >= 0.6 is 0 Å². The average Bonchev–Trinajstić information content (AvgIpc) is 2.23. The van der Waals surface area contributed by atoms with Crippen molar-refractivity contribution in [1.82, 2.24) is 4.31 Å². The van der Waals surface area contributed by atoms with E-state index in [2.05, 4.69) is 4.74 Å². The first-order valence-corrected chi connectivity index (χ1v) is 6.45. The molecule has 0 spiro atoms. The van der Waals surface area contributed by atoms with E-state index in [1.165, 1.54) is 0 Å². The number of aliphatic hydroxyl groups excluding tert-OH is 1. The minimum Gasteiger partial charge on any atom is -0.469 e. The number of ether oxygens (including phenoxy) is 1. The molecule has 0 rings (SSSR count). The number of aliphatic hydroxyl groups is 1. The summed E-state index contributed by atoms with van der Waals surface area (Å²) in [5.41, 5.74) is 0. The zero-order chi connectivity index (χ0) is 14.4. The van der Waals surface area contributed by atoms with Gasteiger partial charge in [-0.3, -0.25) is 4.79 Å². The van der Waals surface area contributed by atoms with Gasteiger partial charge in [0.1, 0.15) is 6.54 Å². The van der Waals surface area contributed by atoms with E-state index in [4.69, 9.17) is 5.11 Å². The fourth-order valence-corrected chi connectivity index (χ4v) is 2.46. The van der Waals surface area contributed by atoms with Gasteiger partial charge in [0.05, 0.1) is 25.9 Å². The lowest BCUT2D eigenvalue weighted by Gasteiger charge is -2.22. The van der Waals surface area contributed by atoms with Crippen molar-refractivity contribution in [2.75, 3.05) is 32.6 Å². The number of carbonyl (C=O) groups excluding carboxylic acids is 1. The Balaban J connectivity index is 4.71. The van der Waals surface area contributed by atoms with Crippen LogP contribution in [0.5, 0.6) is 0 Å². The molecule has 0 saturated heterocycles. The summed E-state index contributed by atoms with van der Waals surface area (Å²) in [6.45, 7) is -3.12. The van der Waals surface area contributed by atoms with Crippen molar-refractivity contribution < 1.29 is 36.2 Å². The number of hydrogen-bond donors (Lipinski definition) is 1. The number of carbonyl (C=O) groups is 1. The van der Waals surface area contributed by atoms with Gasteiger partial charge in [0, 0.05) is 6.54 Å². The van der Waals surface area contributed by atoms with Crippen LogP contribution in [0.4, 0.5) is 13.2 Å². The largest absolute Gasteiger partial charge is 0.469 e. The van der Waals surface area contributed by atoms with Crippen LogP contribution in [0, 0.1) is 0 Å². The zero-order valence-corrected chi connectivity index (χ0v) is 10.4. The molecule has 0 aromatic rings. The zero-order valence-electron chi connectivity index (χ0n) is 9.61. The highest BCUT2D eigenvalue weighted by atomic mass is 32.2. The third-order valence-electron chi connectivity index (χ3n) is 1.89. The summed E-state index contributed by atoms with van der Waals surface area (Å²) in [7, 11) is -3.23. The number of sulfonamides is 1. The molecule has 0 amide bonds. The third-order valence-corrected chi connectivity index (χ3v) is 3.71. The van der Waals surface area contributed by atoms with Gasteiger partial charge in [-0.05, 0) is 0 Å². The second-order valence-electron chi connectivity index (χ2n) is 3.31. The lowest BCUT2D eigenvalue weighted by Crippen LogP contribution is -2.42. The van der Waals surface area contributed by atoms with Crippen LogP contribution in [0.15, 0.2) is 0 Å². The van der Waals surface area contributed by atoms with Crippen molar-refractivity contribution in [3.63, 3.8) is 0 Å². The quantitative estimate of drug-likeness (QED) is 0.654. The lowest BCUT2D eigenvalue weighted by atomic mass is 10.5. The Hall–Kier alpha value is -0.870. The van der Waals surface area contributed by atoms with Crippen LogP contribution in [0.25, 0.3) is 0 Å². The van der Waals surface area contributed by atoms with E-state index in [0.29, 0.717) is 0 Å². The van der Waals surface area contributed by atoms with Gasteiger partial charge in [0.2, 0.25) is 10.0 Å². The Kier molecular flexibility index (Phi) is 6.57. The second kappa shape index (κ2) is 6.90. The summed E-state index contributed by atoms with van der Waals surface area (Å²) in [6, 6.07) is 0. The number of hydrogen-bond acceptors (Lipinski definition) is 5. The standard InChI is InChI=1S/C8H14F3NO5S/c1-17-7(14)2-5-18(15,16)12(3-4-13)6-8(9,10)11/h13H,2-6H2,1H3. The minimum atomic E-state index is -4.71. The van der Waals surface area contributed by atoms with Crippen molar-refractivity contribution >= 4 is 16.0 Å².